The van der Waals surface area contributed by atoms with Gasteiger partial charge in [0.25, 0.3) is 0 Å². The van der Waals surface area contributed by atoms with Crippen LogP contribution in [0.2, 0.25) is 0 Å². The average molecular weight is 230 g/mol. The first-order chi connectivity index (χ1) is 7.86. The molecule has 16 heavy (non-hydrogen) atoms. The SMILES string of the molecule is O[C@@H]1CCSCc2c1ccc1ccccc21. The summed E-state index contributed by atoms with van der Waals surface area (Å²) >= 11 is 1.92. The summed E-state index contributed by atoms with van der Waals surface area (Å²) in [6, 6.07) is 12.6. The molecule has 1 aliphatic heterocycles. The summed E-state index contributed by atoms with van der Waals surface area (Å²) in [4.78, 5) is 0. The Morgan fingerprint density at radius 3 is 2.94 bits per heavy atom. The lowest BCUT2D eigenvalue weighted by atomic mass is 9.96. The molecule has 0 aliphatic carbocycles. The molecule has 0 aromatic heterocycles. The van der Waals surface area contributed by atoms with Crippen LogP contribution in [0, 0.1) is 0 Å². The van der Waals surface area contributed by atoms with Crippen LogP contribution in [0.15, 0.2) is 36.4 Å². The number of hydrogen-bond donors (Lipinski definition) is 1. The van der Waals surface area contributed by atoms with Gasteiger partial charge in [-0.25, -0.2) is 0 Å². The minimum Gasteiger partial charge on any atom is -0.388 e. The molecule has 3 rings (SSSR count). The Hall–Kier alpha value is -0.990. The number of thioether (sulfide) groups is 1. The highest BCUT2D eigenvalue weighted by atomic mass is 32.2. The van der Waals surface area contributed by atoms with Gasteiger partial charge in [-0.2, -0.15) is 11.8 Å². The van der Waals surface area contributed by atoms with Crippen LogP contribution in [-0.4, -0.2) is 10.9 Å². The van der Waals surface area contributed by atoms with Crippen LogP contribution in [-0.2, 0) is 5.75 Å². The zero-order valence-electron chi connectivity index (χ0n) is 9.02. The number of aliphatic hydroxyl groups is 1. The minimum atomic E-state index is -0.283. The van der Waals surface area contributed by atoms with Crippen molar-refractivity contribution in [3.05, 3.63) is 47.5 Å². The zero-order chi connectivity index (χ0) is 11.0. The third-order valence-electron chi connectivity index (χ3n) is 3.22. The first-order valence-corrected chi connectivity index (χ1v) is 6.78. The van der Waals surface area contributed by atoms with E-state index < -0.39 is 0 Å². The van der Waals surface area contributed by atoms with Crippen LogP contribution in [0.5, 0.6) is 0 Å². The zero-order valence-corrected chi connectivity index (χ0v) is 9.83. The Morgan fingerprint density at radius 1 is 1.12 bits per heavy atom. The van der Waals surface area contributed by atoms with Crippen LogP contribution in [0.3, 0.4) is 0 Å². The summed E-state index contributed by atoms with van der Waals surface area (Å²) in [5, 5.41) is 12.7. The van der Waals surface area contributed by atoms with Crippen molar-refractivity contribution in [1.29, 1.82) is 0 Å². The Balaban J connectivity index is 2.28. The summed E-state index contributed by atoms with van der Waals surface area (Å²) in [5.74, 6) is 2.07. The maximum atomic E-state index is 10.1. The molecule has 0 unspecified atom stereocenters. The number of rotatable bonds is 0. The fraction of sp³-hybridized carbons (Fsp3) is 0.286. The van der Waals surface area contributed by atoms with Gasteiger partial charge in [0, 0.05) is 5.75 Å². The molecular formula is C14H14OS. The Labute approximate surface area is 99.5 Å². The Morgan fingerprint density at radius 2 is 2.00 bits per heavy atom. The molecule has 2 aromatic rings. The molecule has 82 valence electrons. The van der Waals surface area contributed by atoms with Crippen molar-refractivity contribution in [2.75, 3.05) is 5.75 Å². The second-order valence-electron chi connectivity index (χ2n) is 4.21. The molecule has 0 radical (unpaired) electrons. The summed E-state index contributed by atoms with van der Waals surface area (Å²) in [5.41, 5.74) is 2.46. The van der Waals surface area contributed by atoms with Crippen LogP contribution in [0.1, 0.15) is 23.7 Å². The molecule has 1 nitrogen and oxygen atoms in total. The van der Waals surface area contributed by atoms with E-state index in [-0.39, 0.29) is 6.10 Å². The van der Waals surface area contributed by atoms with Crippen molar-refractivity contribution in [3.8, 4) is 0 Å². The summed E-state index contributed by atoms with van der Waals surface area (Å²) in [7, 11) is 0. The highest BCUT2D eigenvalue weighted by molar-refractivity contribution is 7.98. The fourth-order valence-electron chi connectivity index (χ4n) is 2.35. The topological polar surface area (TPSA) is 20.2 Å². The molecule has 2 heteroatoms. The Bertz CT molecular complexity index is 521. The molecular weight excluding hydrogens is 216 g/mol. The number of aliphatic hydroxyl groups excluding tert-OH is 1. The van der Waals surface area contributed by atoms with Gasteiger partial charge in [0.1, 0.15) is 0 Å². The summed E-state index contributed by atoms with van der Waals surface area (Å²) < 4.78 is 0. The van der Waals surface area contributed by atoms with Crippen LogP contribution in [0.25, 0.3) is 10.8 Å². The molecule has 0 amide bonds. The van der Waals surface area contributed by atoms with Gasteiger partial charge in [0.15, 0.2) is 0 Å². The predicted molar refractivity (Wildman–Crippen MR) is 69.7 cm³/mol. The van der Waals surface area contributed by atoms with Crippen LogP contribution < -0.4 is 0 Å². The van der Waals surface area contributed by atoms with Gasteiger partial charge < -0.3 is 5.11 Å². The van der Waals surface area contributed by atoms with E-state index in [0.717, 1.165) is 23.5 Å². The van der Waals surface area contributed by atoms with Gasteiger partial charge in [0.2, 0.25) is 0 Å². The van der Waals surface area contributed by atoms with Crippen molar-refractivity contribution >= 4 is 22.5 Å². The lowest BCUT2D eigenvalue weighted by molar-refractivity contribution is 0.175. The maximum absolute atomic E-state index is 10.1. The number of benzene rings is 2. The molecule has 1 heterocycles. The molecule has 0 bridgehead atoms. The minimum absolute atomic E-state index is 0.283. The molecule has 0 saturated heterocycles. The smallest absolute Gasteiger partial charge is 0.0801 e. The molecule has 1 atom stereocenters. The quantitative estimate of drug-likeness (QED) is 0.747. The van der Waals surface area contributed by atoms with Crippen molar-refractivity contribution < 1.29 is 5.11 Å². The molecule has 1 aliphatic rings. The van der Waals surface area contributed by atoms with E-state index >= 15 is 0 Å². The first-order valence-electron chi connectivity index (χ1n) is 5.62. The van der Waals surface area contributed by atoms with Gasteiger partial charge in [0.05, 0.1) is 6.10 Å². The second kappa shape index (κ2) is 4.11. The molecule has 0 fully saturated rings. The number of fused-ring (bicyclic) bond motifs is 3. The van der Waals surface area contributed by atoms with Gasteiger partial charge in [-0.1, -0.05) is 36.4 Å². The van der Waals surface area contributed by atoms with E-state index in [1.165, 1.54) is 16.3 Å². The van der Waals surface area contributed by atoms with E-state index in [2.05, 4.69) is 36.4 Å². The standard InChI is InChI=1S/C14H14OS/c15-14-7-8-16-9-13-11-4-2-1-3-10(11)5-6-12(13)14/h1-6,14-15H,7-9H2/t14-/m1/s1. The van der Waals surface area contributed by atoms with Gasteiger partial charge in [-0.05, 0) is 34.1 Å². The fourth-order valence-corrected chi connectivity index (χ4v) is 3.41. The second-order valence-corrected chi connectivity index (χ2v) is 5.32. The van der Waals surface area contributed by atoms with E-state index in [4.69, 9.17) is 0 Å². The van der Waals surface area contributed by atoms with Gasteiger partial charge >= 0.3 is 0 Å². The summed E-state index contributed by atoms with van der Waals surface area (Å²) in [6.07, 6.45) is 0.588. The van der Waals surface area contributed by atoms with E-state index in [9.17, 15) is 5.11 Å². The third-order valence-corrected chi connectivity index (χ3v) is 4.24. The molecule has 2 aromatic carbocycles. The lowest BCUT2D eigenvalue weighted by Gasteiger charge is -2.13. The summed E-state index contributed by atoms with van der Waals surface area (Å²) in [6.45, 7) is 0. The normalized spacial score (nSPS) is 20.4. The third kappa shape index (κ3) is 1.62. The van der Waals surface area contributed by atoms with E-state index in [1.807, 2.05) is 11.8 Å². The van der Waals surface area contributed by atoms with E-state index in [1.54, 1.807) is 0 Å². The van der Waals surface area contributed by atoms with Crippen molar-refractivity contribution in [2.24, 2.45) is 0 Å². The lowest BCUT2D eigenvalue weighted by Crippen LogP contribution is -1.99. The average Bonchev–Trinajstić information content (AvgIpc) is 2.52. The molecule has 0 saturated carbocycles. The molecule has 1 N–H and O–H groups in total. The predicted octanol–water partition coefficient (Wildman–Crippen LogP) is 3.51. The Kier molecular flexibility index (Phi) is 2.62. The highest BCUT2D eigenvalue weighted by Crippen LogP contribution is 2.34. The molecule has 0 spiro atoms. The van der Waals surface area contributed by atoms with Gasteiger partial charge in [-0.15, -0.1) is 0 Å². The van der Waals surface area contributed by atoms with Crippen molar-refractivity contribution in [1.82, 2.24) is 0 Å². The number of hydrogen-bond acceptors (Lipinski definition) is 2. The van der Waals surface area contributed by atoms with Crippen LogP contribution >= 0.6 is 11.8 Å². The largest absolute Gasteiger partial charge is 0.388 e. The first kappa shape index (κ1) is 10.2. The van der Waals surface area contributed by atoms with Crippen molar-refractivity contribution in [3.63, 3.8) is 0 Å². The van der Waals surface area contributed by atoms with Crippen LogP contribution in [0.4, 0.5) is 0 Å². The highest BCUT2D eigenvalue weighted by Gasteiger charge is 2.17. The van der Waals surface area contributed by atoms with Crippen molar-refractivity contribution in [2.45, 2.75) is 18.3 Å². The van der Waals surface area contributed by atoms with Gasteiger partial charge in [-0.3, -0.25) is 0 Å². The monoisotopic (exact) mass is 230 g/mol. The maximum Gasteiger partial charge on any atom is 0.0801 e. The van der Waals surface area contributed by atoms with E-state index in [0.29, 0.717) is 0 Å².